The van der Waals surface area contributed by atoms with Gasteiger partial charge in [-0.3, -0.25) is 4.68 Å². The van der Waals surface area contributed by atoms with Crippen LogP contribution in [0, 0.1) is 5.82 Å². The van der Waals surface area contributed by atoms with E-state index >= 15 is 0 Å². The first-order chi connectivity index (χ1) is 9.59. The maximum absolute atomic E-state index is 13.7. The second kappa shape index (κ2) is 5.03. The second-order valence-corrected chi connectivity index (χ2v) is 6.05. The Morgan fingerprint density at radius 2 is 2.10 bits per heavy atom. The number of rotatable bonds is 2. The van der Waals surface area contributed by atoms with Gasteiger partial charge in [0.2, 0.25) is 0 Å². The normalized spacial score (nSPS) is 10.9. The fourth-order valence-electron chi connectivity index (χ4n) is 2.08. The summed E-state index contributed by atoms with van der Waals surface area (Å²) >= 11 is 4.87. The van der Waals surface area contributed by atoms with Crippen molar-refractivity contribution in [1.82, 2.24) is 9.78 Å². The lowest BCUT2D eigenvalue weighted by atomic mass is 10.1. The molecule has 0 saturated heterocycles. The Labute approximate surface area is 128 Å². The van der Waals surface area contributed by atoms with Gasteiger partial charge in [-0.25, -0.2) is 4.39 Å². The second-order valence-electron chi connectivity index (χ2n) is 4.31. The standard InChI is InChI=1S/C14H11BrFN3S/c1-19-14(17)11(10-6-3-7-20-10)13(18-19)8-4-2-5-9(16)12(8)15/h2-7H,17H2,1H3. The zero-order chi connectivity index (χ0) is 14.3. The number of halogens is 2. The van der Waals surface area contributed by atoms with Crippen LogP contribution < -0.4 is 5.73 Å². The molecule has 0 aliphatic heterocycles. The first kappa shape index (κ1) is 13.3. The van der Waals surface area contributed by atoms with E-state index in [4.69, 9.17) is 5.73 Å². The predicted molar refractivity (Wildman–Crippen MR) is 84.0 cm³/mol. The van der Waals surface area contributed by atoms with E-state index in [-0.39, 0.29) is 5.82 Å². The van der Waals surface area contributed by atoms with Gasteiger partial charge in [0.25, 0.3) is 0 Å². The Kier molecular flexibility index (Phi) is 3.35. The van der Waals surface area contributed by atoms with E-state index in [1.165, 1.54) is 6.07 Å². The van der Waals surface area contributed by atoms with Crippen molar-refractivity contribution >= 4 is 33.1 Å². The molecule has 2 heterocycles. The summed E-state index contributed by atoms with van der Waals surface area (Å²) in [5, 5.41) is 6.42. The molecular formula is C14H11BrFN3S. The molecule has 102 valence electrons. The largest absolute Gasteiger partial charge is 0.383 e. The summed E-state index contributed by atoms with van der Waals surface area (Å²) in [6.07, 6.45) is 0. The molecule has 0 saturated carbocycles. The van der Waals surface area contributed by atoms with Crippen LogP contribution in [0.5, 0.6) is 0 Å². The lowest BCUT2D eigenvalue weighted by Crippen LogP contribution is -1.97. The van der Waals surface area contributed by atoms with E-state index < -0.39 is 0 Å². The number of nitrogens with two attached hydrogens (primary N) is 1. The van der Waals surface area contributed by atoms with Crippen LogP contribution in [0.4, 0.5) is 10.2 Å². The number of hydrogen-bond acceptors (Lipinski definition) is 3. The van der Waals surface area contributed by atoms with E-state index in [9.17, 15) is 4.39 Å². The van der Waals surface area contributed by atoms with Gasteiger partial charge in [-0.15, -0.1) is 11.3 Å². The van der Waals surface area contributed by atoms with Gasteiger partial charge in [0.15, 0.2) is 0 Å². The first-order valence-corrected chi connectivity index (χ1v) is 7.57. The van der Waals surface area contributed by atoms with Gasteiger partial charge in [0.1, 0.15) is 17.3 Å². The van der Waals surface area contributed by atoms with Crippen LogP contribution in [0.25, 0.3) is 21.7 Å². The minimum Gasteiger partial charge on any atom is -0.383 e. The molecule has 0 amide bonds. The van der Waals surface area contributed by atoms with Crippen LogP contribution in [-0.2, 0) is 7.05 Å². The van der Waals surface area contributed by atoms with Crippen molar-refractivity contribution in [3.05, 3.63) is 46.0 Å². The highest BCUT2D eigenvalue weighted by molar-refractivity contribution is 9.10. The van der Waals surface area contributed by atoms with Gasteiger partial charge in [-0.05, 0) is 33.4 Å². The first-order valence-electron chi connectivity index (χ1n) is 5.90. The third-order valence-corrected chi connectivity index (χ3v) is 4.76. The molecule has 6 heteroatoms. The molecule has 0 aliphatic carbocycles. The highest BCUT2D eigenvalue weighted by Crippen LogP contribution is 2.41. The summed E-state index contributed by atoms with van der Waals surface area (Å²) in [6, 6.07) is 8.83. The van der Waals surface area contributed by atoms with Crippen molar-refractivity contribution in [3.63, 3.8) is 0 Å². The molecular weight excluding hydrogens is 341 g/mol. The molecule has 0 bridgehead atoms. The van der Waals surface area contributed by atoms with Gasteiger partial charge in [-0.2, -0.15) is 5.10 Å². The Morgan fingerprint density at radius 3 is 2.80 bits per heavy atom. The molecule has 0 spiro atoms. The van der Waals surface area contributed by atoms with Crippen molar-refractivity contribution in [2.24, 2.45) is 7.05 Å². The van der Waals surface area contributed by atoms with E-state index in [1.54, 1.807) is 29.1 Å². The Balaban J connectivity index is 2.30. The molecule has 3 nitrogen and oxygen atoms in total. The lowest BCUT2D eigenvalue weighted by Gasteiger charge is -2.05. The molecule has 0 fully saturated rings. The van der Waals surface area contributed by atoms with Crippen LogP contribution in [0.15, 0.2) is 40.2 Å². The average molecular weight is 352 g/mol. The average Bonchev–Trinajstić information content (AvgIpc) is 3.03. The van der Waals surface area contributed by atoms with E-state index in [1.807, 2.05) is 23.6 Å². The molecule has 20 heavy (non-hydrogen) atoms. The van der Waals surface area contributed by atoms with Crippen LogP contribution in [0.2, 0.25) is 0 Å². The number of thiophene rings is 1. The molecule has 2 N–H and O–H groups in total. The smallest absolute Gasteiger partial charge is 0.138 e. The fourth-order valence-corrected chi connectivity index (χ4v) is 3.31. The monoisotopic (exact) mass is 351 g/mol. The van der Waals surface area contributed by atoms with Gasteiger partial charge >= 0.3 is 0 Å². The predicted octanol–water partition coefficient (Wildman–Crippen LogP) is 4.30. The van der Waals surface area contributed by atoms with E-state index in [2.05, 4.69) is 21.0 Å². The molecule has 0 unspecified atom stereocenters. The van der Waals surface area contributed by atoms with Crippen LogP contribution in [0.1, 0.15) is 0 Å². The molecule has 0 radical (unpaired) electrons. The van der Waals surface area contributed by atoms with Gasteiger partial charge in [0, 0.05) is 17.5 Å². The molecule has 3 aromatic rings. The number of aryl methyl sites for hydroxylation is 1. The molecule has 0 aliphatic rings. The fraction of sp³-hybridized carbons (Fsp3) is 0.0714. The number of aromatic nitrogens is 2. The maximum atomic E-state index is 13.7. The minimum absolute atomic E-state index is 0.316. The van der Waals surface area contributed by atoms with E-state index in [0.29, 0.717) is 21.5 Å². The summed E-state index contributed by atoms with van der Waals surface area (Å²) < 4.78 is 15.7. The van der Waals surface area contributed by atoms with Crippen molar-refractivity contribution in [1.29, 1.82) is 0 Å². The van der Waals surface area contributed by atoms with Gasteiger partial charge < -0.3 is 5.73 Å². The number of hydrogen-bond donors (Lipinski definition) is 1. The zero-order valence-electron chi connectivity index (χ0n) is 10.6. The van der Waals surface area contributed by atoms with E-state index in [0.717, 1.165) is 10.4 Å². The molecule has 3 rings (SSSR count). The number of benzene rings is 1. The van der Waals surface area contributed by atoms with Crippen molar-refractivity contribution < 1.29 is 4.39 Å². The number of nitrogen functional groups attached to an aromatic ring is 1. The summed E-state index contributed by atoms with van der Waals surface area (Å²) in [4.78, 5) is 1.02. The third-order valence-electron chi connectivity index (χ3n) is 3.07. The quantitative estimate of drug-likeness (QED) is 0.747. The van der Waals surface area contributed by atoms with Crippen LogP contribution in [-0.4, -0.2) is 9.78 Å². The number of nitrogens with zero attached hydrogens (tertiary/aromatic N) is 2. The van der Waals surface area contributed by atoms with Gasteiger partial charge in [-0.1, -0.05) is 18.2 Å². The highest BCUT2D eigenvalue weighted by Gasteiger charge is 2.20. The van der Waals surface area contributed by atoms with Crippen LogP contribution in [0.3, 0.4) is 0 Å². The Hall–Kier alpha value is -1.66. The van der Waals surface area contributed by atoms with Gasteiger partial charge in [0.05, 0.1) is 10.0 Å². The SMILES string of the molecule is Cn1nc(-c2cccc(F)c2Br)c(-c2cccs2)c1N. The summed E-state index contributed by atoms with van der Waals surface area (Å²) in [5.41, 5.74) is 8.33. The van der Waals surface area contributed by atoms with Crippen LogP contribution >= 0.6 is 27.3 Å². The van der Waals surface area contributed by atoms with Crippen molar-refractivity contribution in [3.8, 4) is 21.7 Å². The summed E-state index contributed by atoms with van der Waals surface area (Å²) in [5.74, 6) is 0.252. The summed E-state index contributed by atoms with van der Waals surface area (Å²) in [7, 11) is 1.78. The Morgan fingerprint density at radius 1 is 1.30 bits per heavy atom. The molecule has 2 aromatic heterocycles. The zero-order valence-corrected chi connectivity index (χ0v) is 13.0. The topological polar surface area (TPSA) is 43.8 Å². The third kappa shape index (κ3) is 2.05. The Bertz CT molecular complexity index is 765. The highest BCUT2D eigenvalue weighted by atomic mass is 79.9. The van der Waals surface area contributed by atoms with Crippen molar-refractivity contribution in [2.75, 3.05) is 5.73 Å². The molecule has 0 atom stereocenters. The summed E-state index contributed by atoms with van der Waals surface area (Å²) in [6.45, 7) is 0. The minimum atomic E-state index is -0.316. The maximum Gasteiger partial charge on any atom is 0.138 e. The van der Waals surface area contributed by atoms with Crippen molar-refractivity contribution in [2.45, 2.75) is 0 Å². The lowest BCUT2D eigenvalue weighted by molar-refractivity contribution is 0.621. The molecule has 1 aromatic carbocycles. The number of anilines is 1.